The Hall–Kier alpha value is -2.92. The molecule has 0 bridgehead atoms. The van der Waals surface area contributed by atoms with Crippen molar-refractivity contribution in [1.82, 2.24) is 15.2 Å². The van der Waals surface area contributed by atoms with Crippen molar-refractivity contribution in [2.75, 3.05) is 13.1 Å². The average Bonchev–Trinajstić information content (AvgIpc) is 2.69. The molecule has 0 spiro atoms. The lowest BCUT2D eigenvalue weighted by Crippen LogP contribution is -2.41. The Morgan fingerprint density at radius 2 is 1.86 bits per heavy atom. The number of aromatic amines is 1. The molecule has 1 aromatic heterocycles. The summed E-state index contributed by atoms with van der Waals surface area (Å²) in [5, 5.41) is 3.72. The van der Waals surface area contributed by atoms with Crippen molar-refractivity contribution < 1.29 is 4.79 Å². The molecule has 0 aliphatic carbocycles. The number of hydrogen-bond donors (Lipinski definition) is 2. The Balaban J connectivity index is 1.46. The number of nitrogens with one attached hydrogen (secondary N) is 2. The van der Waals surface area contributed by atoms with Gasteiger partial charge < -0.3 is 10.3 Å². The van der Waals surface area contributed by atoms with Gasteiger partial charge in [-0.25, -0.2) is 0 Å². The van der Waals surface area contributed by atoms with Gasteiger partial charge in [0.2, 0.25) is 5.91 Å². The Labute approximate surface area is 170 Å². The van der Waals surface area contributed by atoms with Crippen LogP contribution in [-0.4, -0.2) is 28.9 Å². The quantitative estimate of drug-likeness (QED) is 0.721. The van der Waals surface area contributed by atoms with Crippen LogP contribution < -0.4 is 10.7 Å². The molecule has 5 nitrogen and oxygen atoms in total. The number of pyridine rings is 1. The minimum Gasteiger partial charge on any atom is -0.358 e. The fraction of sp³-hybridized carbons (Fsp3) is 0.333. The molecule has 2 heterocycles. The van der Waals surface area contributed by atoms with Gasteiger partial charge in [0.1, 0.15) is 0 Å². The normalized spacial score (nSPS) is 14.0. The largest absolute Gasteiger partial charge is 0.358 e. The van der Waals surface area contributed by atoms with Gasteiger partial charge in [-0.2, -0.15) is 0 Å². The molecule has 0 radical (unpaired) electrons. The van der Waals surface area contributed by atoms with Crippen LogP contribution in [-0.2, 0) is 24.3 Å². The average molecular weight is 389 g/mol. The summed E-state index contributed by atoms with van der Waals surface area (Å²) in [5.74, 6) is -0.0158. The van der Waals surface area contributed by atoms with Gasteiger partial charge in [-0.3, -0.25) is 14.5 Å². The highest BCUT2D eigenvalue weighted by Crippen LogP contribution is 2.21. The number of rotatable bonds is 4. The van der Waals surface area contributed by atoms with Crippen LogP contribution in [0.2, 0.25) is 0 Å². The third-order valence-corrected chi connectivity index (χ3v) is 5.68. The summed E-state index contributed by atoms with van der Waals surface area (Å²) in [5.41, 5.74) is 7.29. The molecule has 29 heavy (non-hydrogen) atoms. The molecule has 2 aromatic carbocycles. The molecule has 4 rings (SSSR count). The zero-order valence-corrected chi connectivity index (χ0v) is 17.3. The molecule has 1 amide bonds. The second kappa shape index (κ2) is 7.84. The lowest BCUT2D eigenvalue weighted by atomic mass is 9.99. The van der Waals surface area contributed by atoms with Crippen LogP contribution in [0.1, 0.15) is 33.5 Å². The Bertz CT molecular complexity index is 1130. The van der Waals surface area contributed by atoms with Crippen LogP contribution in [0.3, 0.4) is 0 Å². The molecule has 0 saturated heterocycles. The molecule has 150 valence electrons. The van der Waals surface area contributed by atoms with Gasteiger partial charge in [0, 0.05) is 42.7 Å². The van der Waals surface area contributed by atoms with Gasteiger partial charge in [0.25, 0.3) is 0 Å². The summed E-state index contributed by atoms with van der Waals surface area (Å²) < 4.78 is 0. The van der Waals surface area contributed by atoms with E-state index < -0.39 is 0 Å². The molecule has 1 aliphatic rings. The van der Waals surface area contributed by atoms with Crippen molar-refractivity contribution in [3.8, 4) is 0 Å². The van der Waals surface area contributed by atoms with E-state index in [9.17, 15) is 9.59 Å². The van der Waals surface area contributed by atoms with Crippen molar-refractivity contribution in [2.24, 2.45) is 0 Å². The zero-order chi connectivity index (χ0) is 20.5. The SMILES string of the molecule is Cc1ccc(CNC(=O)CN2CCc3[nH]c4c(C)cc(C)cc4c(=O)c3C2)cc1. The summed E-state index contributed by atoms with van der Waals surface area (Å²) >= 11 is 0. The minimum atomic E-state index is -0.0158. The molecule has 5 heteroatoms. The van der Waals surface area contributed by atoms with Gasteiger partial charge >= 0.3 is 0 Å². The van der Waals surface area contributed by atoms with E-state index in [2.05, 4.69) is 21.3 Å². The van der Waals surface area contributed by atoms with Crippen LogP contribution in [0.4, 0.5) is 0 Å². The van der Waals surface area contributed by atoms with Crippen LogP contribution in [0.25, 0.3) is 10.9 Å². The van der Waals surface area contributed by atoms with E-state index >= 15 is 0 Å². The lowest BCUT2D eigenvalue weighted by Gasteiger charge is -2.28. The molecule has 1 aliphatic heterocycles. The van der Waals surface area contributed by atoms with Crippen molar-refractivity contribution in [3.63, 3.8) is 0 Å². The molecule has 2 N–H and O–H groups in total. The number of H-pyrrole nitrogens is 1. The Morgan fingerprint density at radius 1 is 1.10 bits per heavy atom. The number of carbonyl (C=O) groups is 1. The van der Waals surface area contributed by atoms with Gasteiger partial charge in [-0.05, 0) is 43.5 Å². The summed E-state index contributed by atoms with van der Waals surface area (Å²) in [6.45, 7) is 8.18. The first kappa shape index (κ1) is 19.4. The van der Waals surface area contributed by atoms with Crippen LogP contribution >= 0.6 is 0 Å². The third kappa shape index (κ3) is 4.10. The molecule has 0 saturated carbocycles. The highest BCUT2D eigenvalue weighted by atomic mass is 16.2. The monoisotopic (exact) mass is 389 g/mol. The van der Waals surface area contributed by atoms with Crippen molar-refractivity contribution >= 4 is 16.8 Å². The predicted molar refractivity (Wildman–Crippen MR) is 116 cm³/mol. The highest BCUT2D eigenvalue weighted by molar-refractivity contribution is 5.83. The first-order valence-electron chi connectivity index (χ1n) is 10.1. The number of carbonyl (C=O) groups excluding carboxylic acids is 1. The van der Waals surface area contributed by atoms with E-state index in [-0.39, 0.29) is 11.3 Å². The lowest BCUT2D eigenvalue weighted by molar-refractivity contribution is -0.122. The van der Waals surface area contributed by atoms with Crippen LogP contribution in [0, 0.1) is 20.8 Å². The van der Waals surface area contributed by atoms with Gasteiger partial charge in [0.05, 0.1) is 12.1 Å². The molecule has 0 unspecified atom stereocenters. The Morgan fingerprint density at radius 3 is 2.62 bits per heavy atom. The first-order chi connectivity index (χ1) is 13.9. The number of aryl methyl sites for hydroxylation is 3. The van der Waals surface area contributed by atoms with E-state index in [1.54, 1.807) is 0 Å². The Kier molecular flexibility index (Phi) is 5.24. The third-order valence-electron chi connectivity index (χ3n) is 5.68. The summed E-state index contributed by atoms with van der Waals surface area (Å²) in [4.78, 5) is 31.0. The van der Waals surface area contributed by atoms with E-state index in [1.807, 2.05) is 51.1 Å². The van der Waals surface area contributed by atoms with Gasteiger partial charge in [-0.15, -0.1) is 0 Å². The fourth-order valence-electron chi connectivity index (χ4n) is 4.09. The first-order valence-corrected chi connectivity index (χ1v) is 10.1. The number of amides is 1. The summed E-state index contributed by atoms with van der Waals surface area (Å²) in [6, 6.07) is 12.2. The fourth-order valence-corrected chi connectivity index (χ4v) is 4.09. The maximum absolute atomic E-state index is 13.1. The summed E-state index contributed by atoms with van der Waals surface area (Å²) in [7, 11) is 0. The number of aromatic nitrogens is 1. The highest BCUT2D eigenvalue weighted by Gasteiger charge is 2.23. The standard InChI is InChI=1S/C24H27N3O2/c1-15-4-6-18(7-5-15)12-25-22(28)14-27-9-8-21-20(13-27)24(29)19-11-16(2)10-17(3)23(19)26-21/h4-7,10-11H,8-9,12-14H2,1-3H3,(H,25,28)(H,26,29). The minimum absolute atomic E-state index is 0.0158. The van der Waals surface area contributed by atoms with E-state index in [0.717, 1.165) is 51.8 Å². The number of nitrogens with zero attached hydrogens (tertiary/aromatic N) is 1. The molecular formula is C24H27N3O2. The second-order valence-electron chi connectivity index (χ2n) is 8.14. The maximum Gasteiger partial charge on any atom is 0.234 e. The maximum atomic E-state index is 13.1. The molecular weight excluding hydrogens is 362 g/mol. The van der Waals surface area contributed by atoms with E-state index in [4.69, 9.17) is 0 Å². The second-order valence-corrected chi connectivity index (χ2v) is 8.14. The zero-order valence-electron chi connectivity index (χ0n) is 17.3. The van der Waals surface area contributed by atoms with Crippen LogP contribution in [0.5, 0.6) is 0 Å². The van der Waals surface area contributed by atoms with E-state index in [0.29, 0.717) is 19.6 Å². The van der Waals surface area contributed by atoms with Crippen molar-refractivity contribution in [3.05, 3.63) is 80.1 Å². The van der Waals surface area contributed by atoms with Crippen molar-refractivity contribution in [1.29, 1.82) is 0 Å². The molecule has 3 aromatic rings. The number of benzene rings is 2. The summed E-state index contributed by atoms with van der Waals surface area (Å²) in [6.07, 6.45) is 0.749. The smallest absolute Gasteiger partial charge is 0.234 e. The van der Waals surface area contributed by atoms with Crippen molar-refractivity contribution in [2.45, 2.75) is 40.3 Å². The number of fused-ring (bicyclic) bond motifs is 2. The van der Waals surface area contributed by atoms with Gasteiger partial charge in [0.15, 0.2) is 5.43 Å². The van der Waals surface area contributed by atoms with Gasteiger partial charge in [-0.1, -0.05) is 35.9 Å². The predicted octanol–water partition coefficient (Wildman–Crippen LogP) is 3.13. The topological polar surface area (TPSA) is 65.2 Å². The van der Waals surface area contributed by atoms with E-state index in [1.165, 1.54) is 5.56 Å². The number of hydrogen-bond acceptors (Lipinski definition) is 3. The molecule has 0 atom stereocenters. The van der Waals surface area contributed by atoms with Crippen LogP contribution in [0.15, 0.2) is 41.2 Å². The molecule has 0 fully saturated rings.